The van der Waals surface area contributed by atoms with Crippen LogP contribution in [0.25, 0.3) is 0 Å². The molecule has 132 valence electrons. The maximum atomic E-state index is 12.7. The number of amides is 1. The number of aromatic nitrogens is 2. The van der Waals surface area contributed by atoms with Crippen LogP contribution in [0.1, 0.15) is 12.8 Å². The Morgan fingerprint density at radius 1 is 1.28 bits per heavy atom. The minimum Gasteiger partial charge on any atom is -0.497 e. The quantitative estimate of drug-likeness (QED) is 0.899. The maximum absolute atomic E-state index is 12.7. The van der Waals surface area contributed by atoms with Crippen molar-refractivity contribution in [2.45, 2.75) is 12.8 Å². The number of benzene rings is 1. The standard InChI is InChI=1S/C18H22N4O3/c1-24-14-5-6-15(16(10-14)25-2)21-18(23)13-4-3-9-22(12-13)17-11-19-7-8-20-17/h5-8,10-11,13H,3-4,9,12H2,1-2H3,(H,21,23)/t13-/m0/s1. The molecule has 1 fully saturated rings. The van der Waals surface area contributed by atoms with Gasteiger partial charge in [0, 0.05) is 31.5 Å². The number of methoxy groups -OCH3 is 2. The lowest BCUT2D eigenvalue weighted by Gasteiger charge is -2.32. The molecule has 2 heterocycles. The van der Waals surface area contributed by atoms with Gasteiger partial charge in [-0.25, -0.2) is 4.98 Å². The Labute approximate surface area is 147 Å². The minimum absolute atomic E-state index is 0.0166. The molecule has 25 heavy (non-hydrogen) atoms. The summed E-state index contributed by atoms with van der Waals surface area (Å²) < 4.78 is 10.5. The number of nitrogens with one attached hydrogen (secondary N) is 1. The van der Waals surface area contributed by atoms with E-state index in [1.54, 1.807) is 51.0 Å². The molecule has 7 nitrogen and oxygen atoms in total. The molecule has 0 unspecified atom stereocenters. The topological polar surface area (TPSA) is 76.6 Å². The lowest BCUT2D eigenvalue weighted by molar-refractivity contribution is -0.120. The highest BCUT2D eigenvalue weighted by Crippen LogP contribution is 2.30. The van der Waals surface area contributed by atoms with Crippen molar-refractivity contribution >= 4 is 17.4 Å². The number of ether oxygens (including phenoxy) is 2. The zero-order chi connectivity index (χ0) is 17.6. The van der Waals surface area contributed by atoms with E-state index in [0.717, 1.165) is 25.2 Å². The highest BCUT2D eigenvalue weighted by molar-refractivity contribution is 5.94. The molecule has 7 heteroatoms. The maximum Gasteiger partial charge on any atom is 0.229 e. The van der Waals surface area contributed by atoms with Crippen LogP contribution in [0.4, 0.5) is 11.5 Å². The van der Waals surface area contributed by atoms with E-state index in [1.807, 2.05) is 0 Å². The molecule has 1 amide bonds. The molecular formula is C18H22N4O3. The minimum atomic E-state index is -0.109. The molecular weight excluding hydrogens is 320 g/mol. The molecule has 1 aromatic carbocycles. The molecule has 1 atom stereocenters. The zero-order valence-corrected chi connectivity index (χ0v) is 14.4. The van der Waals surface area contributed by atoms with Crippen molar-refractivity contribution in [3.05, 3.63) is 36.8 Å². The van der Waals surface area contributed by atoms with Crippen LogP contribution in [0.5, 0.6) is 11.5 Å². The van der Waals surface area contributed by atoms with Gasteiger partial charge in [0.1, 0.15) is 17.3 Å². The summed E-state index contributed by atoms with van der Waals surface area (Å²) in [6.45, 7) is 1.51. The molecule has 2 aromatic rings. The van der Waals surface area contributed by atoms with E-state index in [2.05, 4.69) is 20.2 Å². The summed E-state index contributed by atoms with van der Waals surface area (Å²) in [5, 5.41) is 2.97. The molecule has 0 saturated carbocycles. The highest BCUT2D eigenvalue weighted by atomic mass is 16.5. The lowest BCUT2D eigenvalue weighted by Crippen LogP contribution is -2.41. The first-order valence-electron chi connectivity index (χ1n) is 8.25. The average Bonchev–Trinajstić information content (AvgIpc) is 2.69. The smallest absolute Gasteiger partial charge is 0.229 e. The third-order valence-electron chi connectivity index (χ3n) is 4.33. The SMILES string of the molecule is COc1ccc(NC(=O)[C@H]2CCCN(c3cnccn3)C2)c(OC)c1. The number of nitrogens with zero attached hydrogens (tertiary/aromatic N) is 3. The van der Waals surface area contributed by atoms with Crippen LogP contribution in [-0.4, -0.2) is 43.2 Å². The van der Waals surface area contributed by atoms with E-state index < -0.39 is 0 Å². The van der Waals surface area contributed by atoms with E-state index in [-0.39, 0.29) is 11.8 Å². The van der Waals surface area contributed by atoms with Gasteiger partial charge < -0.3 is 19.7 Å². The molecule has 0 bridgehead atoms. The van der Waals surface area contributed by atoms with Crippen LogP contribution >= 0.6 is 0 Å². The van der Waals surface area contributed by atoms with Gasteiger partial charge in [-0.2, -0.15) is 0 Å². The number of carbonyl (C=O) groups is 1. The molecule has 1 saturated heterocycles. The normalized spacial score (nSPS) is 17.0. The first-order chi connectivity index (χ1) is 12.2. The molecule has 1 aromatic heterocycles. The van der Waals surface area contributed by atoms with E-state index in [9.17, 15) is 4.79 Å². The van der Waals surface area contributed by atoms with Crippen molar-refractivity contribution in [1.29, 1.82) is 0 Å². The van der Waals surface area contributed by atoms with E-state index >= 15 is 0 Å². The summed E-state index contributed by atoms with van der Waals surface area (Å²) in [4.78, 5) is 23.2. The van der Waals surface area contributed by atoms with Crippen LogP contribution < -0.4 is 19.7 Å². The fraction of sp³-hybridized carbons (Fsp3) is 0.389. The summed E-state index contributed by atoms with van der Waals surface area (Å²) >= 11 is 0. The Balaban J connectivity index is 1.69. The van der Waals surface area contributed by atoms with Crippen LogP contribution in [0, 0.1) is 5.92 Å². The van der Waals surface area contributed by atoms with Crippen molar-refractivity contribution < 1.29 is 14.3 Å². The van der Waals surface area contributed by atoms with Crippen LogP contribution in [0.2, 0.25) is 0 Å². The fourth-order valence-corrected chi connectivity index (χ4v) is 2.99. The number of hydrogen-bond acceptors (Lipinski definition) is 6. The second-order valence-electron chi connectivity index (χ2n) is 5.90. The molecule has 0 radical (unpaired) electrons. The van der Waals surface area contributed by atoms with Gasteiger partial charge >= 0.3 is 0 Å². The van der Waals surface area contributed by atoms with Gasteiger partial charge in [-0.05, 0) is 25.0 Å². The zero-order valence-electron chi connectivity index (χ0n) is 14.4. The van der Waals surface area contributed by atoms with Gasteiger partial charge in [-0.1, -0.05) is 0 Å². The second-order valence-corrected chi connectivity index (χ2v) is 5.90. The summed E-state index contributed by atoms with van der Waals surface area (Å²) in [6.07, 6.45) is 6.83. The molecule has 1 N–H and O–H groups in total. The number of anilines is 2. The number of hydrogen-bond donors (Lipinski definition) is 1. The van der Waals surface area contributed by atoms with Crippen molar-refractivity contribution in [3.63, 3.8) is 0 Å². The molecule has 0 aliphatic carbocycles. The summed E-state index contributed by atoms with van der Waals surface area (Å²) in [5.74, 6) is 1.94. The molecule has 1 aliphatic rings. The van der Waals surface area contributed by atoms with Crippen LogP contribution in [0.15, 0.2) is 36.8 Å². The van der Waals surface area contributed by atoms with Gasteiger partial charge in [0.05, 0.1) is 32.0 Å². The number of rotatable bonds is 5. The summed E-state index contributed by atoms with van der Waals surface area (Å²) in [5.41, 5.74) is 0.643. The number of piperidine rings is 1. The Hall–Kier alpha value is -2.83. The van der Waals surface area contributed by atoms with Gasteiger partial charge in [-0.3, -0.25) is 9.78 Å². The Kier molecular flexibility index (Phi) is 5.33. The second kappa shape index (κ2) is 7.83. The van der Waals surface area contributed by atoms with Gasteiger partial charge in [0.15, 0.2) is 0 Å². The van der Waals surface area contributed by atoms with Crippen LogP contribution in [-0.2, 0) is 4.79 Å². The fourth-order valence-electron chi connectivity index (χ4n) is 2.99. The number of carbonyl (C=O) groups excluding carboxylic acids is 1. The van der Waals surface area contributed by atoms with Crippen molar-refractivity contribution in [3.8, 4) is 11.5 Å². The Bertz CT molecular complexity index is 724. The third-order valence-corrected chi connectivity index (χ3v) is 4.33. The largest absolute Gasteiger partial charge is 0.497 e. The lowest BCUT2D eigenvalue weighted by atomic mass is 9.97. The summed E-state index contributed by atoms with van der Waals surface area (Å²) in [7, 11) is 3.16. The predicted molar refractivity (Wildman–Crippen MR) is 95.1 cm³/mol. The third kappa shape index (κ3) is 3.99. The van der Waals surface area contributed by atoms with Crippen molar-refractivity contribution in [2.75, 3.05) is 37.5 Å². The first-order valence-corrected chi connectivity index (χ1v) is 8.25. The van der Waals surface area contributed by atoms with Crippen LogP contribution in [0.3, 0.4) is 0 Å². The molecule has 0 spiro atoms. The average molecular weight is 342 g/mol. The van der Waals surface area contributed by atoms with Crippen molar-refractivity contribution in [2.24, 2.45) is 5.92 Å². The molecule has 3 rings (SSSR count). The van der Waals surface area contributed by atoms with Gasteiger partial charge in [0.25, 0.3) is 0 Å². The van der Waals surface area contributed by atoms with Crippen molar-refractivity contribution in [1.82, 2.24) is 9.97 Å². The Morgan fingerprint density at radius 3 is 2.88 bits per heavy atom. The van der Waals surface area contributed by atoms with E-state index in [4.69, 9.17) is 9.47 Å². The predicted octanol–water partition coefficient (Wildman–Crippen LogP) is 2.35. The first kappa shape index (κ1) is 17.0. The monoisotopic (exact) mass is 342 g/mol. The van der Waals surface area contributed by atoms with Gasteiger partial charge in [0.2, 0.25) is 5.91 Å². The summed E-state index contributed by atoms with van der Waals surface area (Å²) in [6, 6.07) is 5.34. The van der Waals surface area contributed by atoms with E-state index in [1.165, 1.54) is 0 Å². The highest BCUT2D eigenvalue weighted by Gasteiger charge is 2.27. The Morgan fingerprint density at radius 2 is 2.16 bits per heavy atom. The van der Waals surface area contributed by atoms with Gasteiger partial charge in [-0.15, -0.1) is 0 Å². The van der Waals surface area contributed by atoms with E-state index in [0.29, 0.717) is 23.7 Å². The molecule has 1 aliphatic heterocycles.